The first-order valence-electron chi connectivity index (χ1n) is 5.43. The number of unbranched alkanes of at least 4 members (excludes halogenated alkanes) is 2. The van der Waals surface area contributed by atoms with Crippen LogP contribution < -0.4 is 5.32 Å². The van der Waals surface area contributed by atoms with Gasteiger partial charge in [-0.05, 0) is 12.5 Å². The standard InChI is InChI=1S/C11H16N4/c1-2-3-4-6-12-10-5-7-15-9-13-14-11(15)8-10/h5,7-9,12H,2-4,6H2,1H3. The van der Waals surface area contributed by atoms with E-state index in [1.165, 1.54) is 19.3 Å². The predicted molar refractivity (Wildman–Crippen MR) is 61.0 cm³/mol. The van der Waals surface area contributed by atoms with Gasteiger partial charge >= 0.3 is 0 Å². The lowest BCUT2D eigenvalue weighted by Crippen LogP contribution is -2.01. The zero-order valence-corrected chi connectivity index (χ0v) is 8.98. The molecule has 0 atom stereocenters. The number of nitrogens with zero attached hydrogens (tertiary/aromatic N) is 3. The molecule has 0 radical (unpaired) electrons. The molecule has 0 aliphatic rings. The second-order valence-corrected chi connectivity index (χ2v) is 3.65. The molecule has 15 heavy (non-hydrogen) atoms. The van der Waals surface area contributed by atoms with Crippen LogP contribution in [0.3, 0.4) is 0 Å². The Morgan fingerprint density at radius 3 is 3.20 bits per heavy atom. The summed E-state index contributed by atoms with van der Waals surface area (Å²) in [6.07, 6.45) is 7.42. The Morgan fingerprint density at radius 1 is 1.40 bits per heavy atom. The molecule has 0 aliphatic heterocycles. The molecule has 0 aliphatic carbocycles. The van der Waals surface area contributed by atoms with Gasteiger partial charge in [0.2, 0.25) is 0 Å². The lowest BCUT2D eigenvalue weighted by molar-refractivity contribution is 0.744. The first-order valence-corrected chi connectivity index (χ1v) is 5.43. The van der Waals surface area contributed by atoms with Crippen LogP contribution in [0.25, 0.3) is 5.65 Å². The van der Waals surface area contributed by atoms with Crippen LogP contribution in [0.1, 0.15) is 26.2 Å². The van der Waals surface area contributed by atoms with E-state index < -0.39 is 0 Å². The normalized spacial score (nSPS) is 10.7. The lowest BCUT2D eigenvalue weighted by atomic mass is 10.2. The Hall–Kier alpha value is -1.58. The quantitative estimate of drug-likeness (QED) is 0.760. The summed E-state index contributed by atoms with van der Waals surface area (Å²) < 4.78 is 1.90. The van der Waals surface area contributed by atoms with E-state index in [-0.39, 0.29) is 0 Å². The van der Waals surface area contributed by atoms with E-state index in [9.17, 15) is 0 Å². The van der Waals surface area contributed by atoms with Crippen LogP contribution >= 0.6 is 0 Å². The van der Waals surface area contributed by atoms with Gasteiger partial charge in [0.1, 0.15) is 6.33 Å². The van der Waals surface area contributed by atoms with Crippen molar-refractivity contribution in [2.45, 2.75) is 26.2 Å². The highest BCUT2D eigenvalue weighted by Gasteiger charge is 1.96. The molecular formula is C11H16N4. The minimum absolute atomic E-state index is 0.885. The second-order valence-electron chi connectivity index (χ2n) is 3.65. The third kappa shape index (κ3) is 2.46. The molecule has 0 unspecified atom stereocenters. The van der Waals surface area contributed by atoms with Gasteiger partial charge in [0.15, 0.2) is 5.65 Å². The molecule has 4 nitrogen and oxygen atoms in total. The van der Waals surface area contributed by atoms with Crippen molar-refractivity contribution in [1.29, 1.82) is 0 Å². The van der Waals surface area contributed by atoms with Crippen LogP contribution in [0.4, 0.5) is 5.69 Å². The van der Waals surface area contributed by atoms with Gasteiger partial charge in [-0.3, -0.25) is 4.40 Å². The van der Waals surface area contributed by atoms with Gasteiger partial charge in [0.05, 0.1) is 0 Å². The number of fused-ring (bicyclic) bond motifs is 1. The fourth-order valence-corrected chi connectivity index (χ4v) is 1.54. The molecular weight excluding hydrogens is 188 g/mol. The lowest BCUT2D eigenvalue weighted by Gasteiger charge is -2.05. The van der Waals surface area contributed by atoms with Crippen molar-refractivity contribution in [3.05, 3.63) is 24.7 Å². The minimum atomic E-state index is 0.885. The Balaban J connectivity index is 1.96. The molecule has 2 heterocycles. The van der Waals surface area contributed by atoms with Gasteiger partial charge in [-0.2, -0.15) is 0 Å². The monoisotopic (exact) mass is 204 g/mol. The summed E-state index contributed by atoms with van der Waals surface area (Å²) in [5.41, 5.74) is 2.00. The van der Waals surface area contributed by atoms with Crippen LogP contribution in [0.2, 0.25) is 0 Å². The van der Waals surface area contributed by atoms with Crippen LogP contribution in [-0.4, -0.2) is 21.1 Å². The molecule has 0 amide bonds. The van der Waals surface area contributed by atoms with Crippen molar-refractivity contribution in [3.63, 3.8) is 0 Å². The number of hydrogen-bond donors (Lipinski definition) is 1. The first kappa shape index (κ1) is 9.96. The van der Waals surface area contributed by atoms with Crippen molar-refractivity contribution in [2.75, 3.05) is 11.9 Å². The first-order chi connectivity index (χ1) is 7.40. The van der Waals surface area contributed by atoms with Gasteiger partial charge in [-0.25, -0.2) is 0 Å². The van der Waals surface area contributed by atoms with Crippen molar-refractivity contribution < 1.29 is 0 Å². The van der Waals surface area contributed by atoms with Crippen molar-refractivity contribution in [1.82, 2.24) is 14.6 Å². The van der Waals surface area contributed by atoms with Crippen LogP contribution in [0.5, 0.6) is 0 Å². The Morgan fingerprint density at radius 2 is 2.33 bits per heavy atom. The number of nitrogens with one attached hydrogen (secondary N) is 1. The van der Waals surface area contributed by atoms with Gasteiger partial charge in [-0.1, -0.05) is 19.8 Å². The maximum Gasteiger partial charge on any atom is 0.162 e. The third-order valence-corrected chi connectivity index (χ3v) is 2.41. The highest BCUT2D eigenvalue weighted by atomic mass is 15.2. The molecule has 1 N–H and O–H groups in total. The van der Waals surface area contributed by atoms with Gasteiger partial charge in [-0.15, -0.1) is 10.2 Å². The largest absolute Gasteiger partial charge is 0.385 e. The summed E-state index contributed by atoms with van der Waals surface area (Å²) in [6, 6.07) is 4.06. The summed E-state index contributed by atoms with van der Waals surface area (Å²) in [5, 5.41) is 11.2. The number of pyridine rings is 1. The molecule has 4 heteroatoms. The number of anilines is 1. The molecule has 0 bridgehead atoms. The summed E-state index contributed by atoms with van der Waals surface area (Å²) in [5.74, 6) is 0. The molecule has 0 aromatic carbocycles. The smallest absolute Gasteiger partial charge is 0.162 e. The summed E-state index contributed by atoms with van der Waals surface area (Å²) >= 11 is 0. The van der Waals surface area contributed by atoms with E-state index in [0.29, 0.717) is 0 Å². The van der Waals surface area contributed by atoms with Gasteiger partial charge in [0.25, 0.3) is 0 Å². The van der Waals surface area contributed by atoms with Crippen molar-refractivity contribution in [3.8, 4) is 0 Å². The predicted octanol–water partition coefficient (Wildman–Crippen LogP) is 2.33. The van der Waals surface area contributed by atoms with E-state index in [4.69, 9.17) is 0 Å². The van der Waals surface area contributed by atoms with Crippen LogP contribution in [-0.2, 0) is 0 Å². The third-order valence-electron chi connectivity index (χ3n) is 2.41. The SMILES string of the molecule is CCCCCNc1ccn2cnnc2c1. The fourth-order valence-electron chi connectivity index (χ4n) is 1.54. The van der Waals surface area contributed by atoms with Crippen LogP contribution in [0.15, 0.2) is 24.7 Å². The average molecular weight is 204 g/mol. The summed E-state index contributed by atoms with van der Waals surface area (Å²) in [7, 11) is 0. The minimum Gasteiger partial charge on any atom is -0.385 e. The zero-order chi connectivity index (χ0) is 10.5. The molecule has 0 fully saturated rings. The van der Waals surface area contributed by atoms with Crippen molar-refractivity contribution in [2.24, 2.45) is 0 Å². The van der Waals surface area contributed by atoms with Crippen molar-refractivity contribution >= 4 is 11.3 Å². The van der Waals surface area contributed by atoms with E-state index in [0.717, 1.165) is 17.9 Å². The topological polar surface area (TPSA) is 42.2 Å². The second kappa shape index (κ2) is 4.77. The van der Waals surface area contributed by atoms with E-state index >= 15 is 0 Å². The van der Waals surface area contributed by atoms with E-state index in [2.05, 4.69) is 22.4 Å². The number of rotatable bonds is 5. The highest BCUT2D eigenvalue weighted by molar-refractivity contribution is 5.53. The molecule has 2 rings (SSSR count). The molecule has 0 saturated carbocycles. The Labute approximate surface area is 89.3 Å². The maximum atomic E-state index is 4.00. The van der Waals surface area contributed by atoms with E-state index in [1.807, 2.05) is 22.7 Å². The molecule has 2 aromatic heterocycles. The molecule has 80 valence electrons. The summed E-state index contributed by atoms with van der Waals surface area (Å²) in [4.78, 5) is 0. The number of hydrogen-bond acceptors (Lipinski definition) is 3. The maximum absolute atomic E-state index is 4.00. The Bertz CT molecular complexity index is 421. The summed E-state index contributed by atoms with van der Waals surface area (Å²) in [6.45, 7) is 3.24. The molecule has 0 saturated heterocycles. The Kier molecular flexibility index (Phi) is 3.17. The zero-order valence-electron chi connectivity index (χ0n) is 8.98. The number of aromatic nitrogens is 3. The molecule has 0 spiro atoms. The van der Waals surface area contributed by atoms with E-state index in [1.54, 1.807) is 6.33 Å². The van der Waals surface area contributed by atoms with Crippen LogP contribution in [0, 0.1) is 0 Å². The molecule has 2 aromatic rings. The average Bonchev–Trinajstić information content (AvgIpc) is 2.71. The highest BCUT2D eigenvalue weighted by Crippen LogP contribution is 2.09. The fraction of sp³-hybridized carbons (Fsp3) is 0.455. The van der Waals surface area contributed by atoms with Gasteiger partial charge < -0.3 is 5.32 Å². The van der Waals surface area contributed by atoms with Gasteiger partial charge in [0, 0.05) is 24.5 Å².